The van der Waals surface area contributed by atoms with Crippen LogP contribution in [-0.2, 0) is 4.74 Å². The number of hydrogen-bond acceptors (Lipinski definition) is 3. The Morgan fingerprint density at radius 1 is 1.50 bits per heavy atom. The molecule has 1 aromatic carbocycles. The van der Waals surface area contributed by atoms with E-state index in [-0.39, 0.29) is 12.1 Å². The van der Waals surface area contributed by atoms with Crippen LogP contribution >= 0.6 is 11.6 Å². The van der Waals surface area contributed by atoms with Crippen molar-refractivity contribution in [2.45, 2.75) is 13.0 Å². The Morgan fingerprint density at radius 2 is 2.28 bits per heavy atom. The molecule has 0 bridgehead atoms. The highest BCUT2D eigenvalue weighted by Gasteiger charge is 2.21. The SMILES string of the molecule is CC(NCCN1CCOC1=O)c1ccccc1Cl. The molecule has 0 aliphatic carbocycles. The van der Waals surface area contributed by atoms with E-state index >= 15 is 0 Å². The highest BCUT2D eigenvalue weighted by Crippen LogP contribution is 2.21. The lowest BCUT2D eigenvalue weighted by molar-refractivity contribution is 0.158. The van der Waals surface area contributed by atoms with Gasteiger partial charge in [-0.2, -0.15) is 0 Å². The van der Waals surface area contributed by atoms with E-state index < -0.39 is 0 Å². The highest BCUT2D eigenvalue weighted by atomic mass is 35.5. The number of hydrogen-bond donors (Lipinski definition) is 1. The van der Waals surface area contributed by atoms with E-state index in [9.17, 15) is 4.79 Å². The van der Waals surface area contributed by atoms with Crippen molar-refractivity contribution >= 4 is 17.7 Å². The first-order valence-electron chi connectivity index (χ1n) is 6.08. The average Bonchev–Trinajstić information content (AvgIpc) is 2.75. The number of nitrogens with zero attached hydrogens (tertiary/aromatic N) is 1. The summed E-state index contributed by atoms with van der Waals surface area (Å²) in [6.07, 6.45) is -0.220. The summed E-state index contributed by atoms with van der Waals surface area (Å²) in [5.74, 6) is 0. The Balaban J connectivity index is 1.80. The van der Waals surface area contributed by atoms with Crippen molar-refractivity contribution in [3.05, 3.63) is 34.9 Å². The second-order valence-corrected chi connectivity index (χ2v) is 4.71. The number of rotatable bonds is 5. The first kappa shape index (κ1) is 13.2. The van der Waals surface area contributed by atoms with Crippen molar-refractivity contribution in [3.8, 4) is 0 Å². The number of ether oxygens (including phenoxy) is 1. The van der Waals surface area contributed by atoms with Crippen molar-refractivity contribution in [3.63, 3.8) is 0 Å². The molecule has 0 saturated carbocycles. The van der Waals surface area contributed by atoms with Gasteiger partial charge in [0.15, 0.2) is 0 Å². The molecule has 1 atom stereocenters. The van der Waals surface area contributed by atoms with Crippen molar-refractivity contribution in [1.82, 2.24) is 10.2 Å². The Kier molecular flexibility index (Phi) is 4.44. The number of nitrogens with one attached hydrogen (secondary N) is 1. The van der Waals surface area contributed by atoms with E-state index in [4.69, 9.17) is 16.3 Å². The van der Waals surface area contributed by atoms with E-state index in [1.807, 2.05) is 24.3 Å². The minimum atomic E-state index is -0.220. The maximum absolute atomic E-state index is 11.2. The van der Waals surface area contributed by atoms with Gasteiger partial charge in [0, 0.05) is 24.2 Å². The van der Waals surface area contributed by atoms with Gasteiger partial charge in [-0.05, 0) is 18.6 Å². The molecule has 1 aliphatic rings. The largest absolute Gasteiger partial charge is 0.448 e. The molecule has 1 aromatic rings. The van der Waals surface area contributed by atoms with E-state index in [2.05, 4.69) is 12.2 Å². The third kappa shape index (κ3) is 3.15. The first-order chi connectivity index (χ1) is 8.68. The Bertz CT molecular complexity index is 425. The fourth-order valence-electron chi connectivity index (χ4n) is 1.98. The first-order valence-corrected chi connectivity index (χ1v) is 6.46. The van der Waals surface area contributed by atoms with Crippen molar-refractivity contribution in [2.24, 2.45) is 0 Å². The lowest BCUT2D eigenvalue weighted by Gasteiger charge is -2.18. The predicted molar refractivity (Wildman–Crippen MR) is 70.8 cm³/mol. The lowest BCUT2D eigenvalue weighted by Crippen LogP contribution is -2.33. The standard InChI is InChI=1S/C13H17ClN2O2/c1-10(11-4-2-3-5-12(11)14)15-6-7-16-8-9-18-13(16)17/h2-5,10,15H,6-9H2,1H3. The lowest BCUT2D eigenvalue weighted by atomic mass is 10.1. The number of amides is 1. The summed E-state index contributed by atoms with van der Waals surface area (Å²) < 4.78 is 4.86. The van der Waals surface area contributed by atoms with E-state index in [1.165, 1.54) is 0 Å². The van der Waals surface area contributed by atoms with Gasteiger partial charge in [-0.3, -0.25) is 0 Å². The smallest absolute Gasteiger partial charge is 0.409 e. The number of cyclic esters (lactones) is 1. The molecule has 1 unspecified atom stereocenters. The maximum Gasteiger partial charge on any atom is 0.409 e. The van der Waals surface area contributed by atoms with Gasteiger partial charge in [-0.1, -0.05) is 29.8 Å². The summed E-state index contributed by atoms with van der Waals surface area (Å²) >= 11 is 6.12. The van der Waals surface area contributed by atoms with Gasteiger partial charge in [0.1, 0.15) is 6.61 Å². The molecule has 0 radical (unpaired) electrons. The molecule has 18 heavy (non-hydrogen) atoms. The zero-order chi connectivity index (χ0) is 13.0. The number of benzene rings is 1. The van der Waals surface area contributed by atoms with Gasteiger partial charge in [-0.25, -0.2) is 4.79 Å². The van der Waals surface area contributed by atoms with Crippen LogP contribution in [0.5, 0.6) is 0 Å². The fraction of sp³-hybridized carbons (Fsp3) is 0.462. The molecule has 0 aromatic heterocycles. The van der Waals surface area contributed by atoms with Crippen molar-refractivity contribution in [2.75, 3.05) is 26.2 Å². The van der Waals surface area contributed by atoms with Gasteiger partial charge in [0.05, 0.1) is 6.54 Å². The summed E-state index contributed by atoms with van der Waals surface area (Å²) in [4.78, 5) is 12.9. The third-order valence-electron chi connectivity index (χ3n) is 3.05. The van der Waals surface area contributed by atoms with E-state index in [0.29, 0.717) is 19.7 Å². The molecule has 98 valence electrons. The zero-order valence-corrected chi connectivity index (χ0v) is 11.1. The Hall–Kier alpha value is -1.26. The summed E-state index contributed by atoms with van der Waals surface area (Å²) in [5.41, 5.74) is 1.07. The fourth-order valence-corrected chi connectivity index (χ4v) is 2.28. The number of carbonyl (C=O) groups excluding carboxylic acids is 1. The summed E-state index contributed by atoms with van der Waals surface area (Å²) in [7, 11) is 0. The molecule has 1 heterocycles. The van der Waals surface area contributed by atoms with E-state index in [0.717, 1.165) is 17.1 Å². The third-order valence-corrected chi connectivity index (χ3v) is 3.39. The second-order valence-electron chi connectivity index (χ2n) is 4.30. The minimum Gasteiger partial charge on any atom is -0.448 e. The van der Waals surface area contributed by atoms with Crippen LogP contribution in [0.15, 0.2) is 24.3 Å². The number of carbonyl (C=O) groups is 1. The molecule has 1 fully saturated rings. The molecule has 1 amide bonds. The molecule has 4 nitrogen and oxygen atoms in total. The quantitative estimate of drug-likeness (QED) is 0.892. The van der Waals surface area contributed by atoms with Crippen LogP contribution in [-0.4, -0.2) is 37.2 Å². The Labute approximate surface area is 112 Å². The highest BCUT2D eigenvalue weighted by molar-refractivity contribution is 6.31. The molecule has 1 saturated heterocycles. The molecule has 1 aliphatic heterocycles. The summed E-state index contributed by atoms with van der Waals surface area (Å²) in [6.45, 7) is 4.62. The number of halogens is 1. The zero-order valence-electron chi connectivity index (χ0n) is 10.4. The topological polar surface area (TPSA) is 41.6 Å². The minimum absolute atomic E-state index is 0.164. The van der Waals surface area contributed by atoms with Crippen LogP contribution in [0.25, 0.3) is 0 Å². The molecular formula is C13H17ClN2O2. The average molecular weight is 269 g/mol. The van der Waals surface area contributed by atoms with Crippen molar-refractivity contribution in [1.29, 1.82) is 0 Å². The Morgan fingerprint density at radius 3 is 2.94 bits per heavy atom. The van der Waals surface area contributed by atoms with Gasteiger partial charge < -0.3 is 15.0 Å². The van der Waals surface area contributed by atoms with Gasteiger partial charge in [0.25, 0.3) is 0 Å². The van der Waals surface area contributed by atoms with Crippen LogP contribution in [0.3, 0.4) is 0 Å². The van der Waals surface area contributed by atoms with Crippen molar-refractivity contribution < 1.29 is 9.53 Å². The molecular weight excluding hydrogens is 252 g/mol. The maximum atomic E-state index is 11.2. The summed E-state index contributed by atoms with van der Waals surface area (Å²) in [5, 5.41) is 4.12. The second kappa shape index (κ2) is 6.07. The van der Waals surface area contributed by atoms with Gasteiger partial charge >= 0.3 is 6.09 Å². The normalized spacial score (nSPS) is 16.8. The molecule has 2 rings (SSSR count). The van der Waals surface area contributed by atoms with Crippen LogP contribution in [0.4, 0.5) is 4.79 Å². The summed E-state index contributed by atoms with van der Waals surface area (Å²) in [6, 6.07) is 7.94. The van der Waals surface area contributed by atoms with Gasteiger partial charge in [0.2, 0.25) is 0 Å². The van der Waals surface area contributed by atoms with E-state index in [1.54, 1.807) is 4.90 Å². The van der Waals surface area contributed by atoms with Crippen LogP contribution in [0.1, 0.15) is 18.5 Å². The van der Waals surface area contributed by atoms with Crippen LogP contribution < -0.4 is 5.32 Å². The molecule has 1 N–H and O–H groups in total. The monoisotopic (exact) mass is 268 g/mol. The predicted octanol–water partition coefficient (Wildman–Crippen LogP) is 2.44. The van der Waals surface area contributed by atoms with Gasteiger partial charge in [-0.15, -0.1) is 0 Å². The van der Waals surface area contributed by atoms with Crippen LogP contribution in [0.2, 0.25) is 5.02 Å². The van der Waals surface area contributed by atoms with Crippen LogP contribution in [0, 0.1) is 0 Å². The molecule has 5 heteroatoms. The molecule has 0 spiro atoms.